The summed E-state index contributed by atoms with van der Waals surface area (Å²) in [6, 6.07) is 13.9. The molecule has 1 saturated heterocycles. The van der Waals surface area contributed by atoms with Crippen molar-refractivity contribution in [1.82, 2.24) is 20.2 Å². The van der Waals surface area contributed by atoms with Crippen LogP contribution in [0.25, 0.3) is 33.2 Å². The number of aromatic amines is 1. The first-order valence-electron chi connectivity index (χ1n) is 11.9. The molecule has 2 aromatic carbocycles. The minimum atomic E-state index is 0.0278. The molecule has 4 heterocycles. The number of H-pyrrole nitrogens is 1. The summed E-state index contributed by atoms with van der Waals surface area (Å²) in [5.74, 6) is 1.81. The van der Waals surface area contributed by atoms with E-state index in [1.54, 1.807) is 6.20 Å². The topological polar surface area (TPSA) is 99.9 Å². The van der Waals surface area contributed by atoms with E-state index in [-0.39, 0.29) is 11.8 Å². The minimum absolute atomic E-state index is 0.0278. The second-order valence-electron chi connectivity index (χ2n) is 9.24. The fraction of sp³-hybridized carbons (Fsp3) is 0.259. The Hall–Kier alpha value is -4.20. The van der Waals surface area contributed by atoms with Gasteiger partial charge in [-0.05, 0) is 61.6 Å². The molecule has 2 N–H and O–H groups in total. The second kappa shape index (κ2) is 8.54. The van der Waals surface area contributed by atoms with Crippen molar-refractivity contribution in [3.63, 3.8) is 0 Å². The summed E-state index contributed by atoms with van der Waals surface area (Å²) < 4.78 is 6.14. The van der Waals surface area contributed by atoms with E-state index in [4.69, 9.17) is 9.40 Å². The first-order chi connectivity index (χ1) is 17.0. The molecule has 8 heteroatoms. The van der Waals surface area contributed by atoms with E-state index < -0.39 is 0 Å². The van der Waals surface area contributed by atoms with Gasteiger partial charge in [0, 0.05) is 42.3 Å². The zero-order valence-corrected chi connectivity index (χ0v) is 19.7. The Bertz CT molecular complexity index is 1540. The molecule has 0 radical (unpaired) electrons. The average Bonchev–Trinajstić information content (AvgIpc) is 3.59. The monoisotopic (exact) mass is 466 g/mol. The number of fused-ring (bicyclic) bond motifs is 3. The van der Waals surface area contributed by atoms with Gasteiger partial charge in [-0.3, -0.25) is 9.89 Å². The van der Waals surface area contributed by atoms with Crippen molar-refractivity contribution < 1.29 is 9.21 Å². The van der Waals surface area contributed by atoms with E-state index in [1.807, 2.05) is 62.5 Å². The molecule has 35 heavy (non-hydrogen) atoms. The first-order valence-corrected chi connectivity index (χ1v) is 11.9. The van der Waals surface area contributed by atoms with Crippen molar-refractivity contribution in [2.75, 3.05) is 23.3 Å². The summed E-state index contributed by atoms with van der Waals surface area (Å²) in [5.41, 5.74) is 6.40. The minimum Gasteiger partial charge on any atom is -0.450 e. The summed E-state index contributed by atoms with van der Waals surface area (Å²) in [6.45, 7) is 5.54. The van der Waals surface area contributed by atoms with Crippen molar-refractivity contribution >= 4 is 39.5 Å². The lowest BCUT2D eigenvalue weighted by atomic mass is 10.0. The number of para-hydroxylation sites is 1. The second-order valence-corrected chi connectivity index (χ2v) is 9.24. The van der Waals surface area contributed by atoms with Crippen LogP contribution in [0.1, 0.15) is 24.2 Å². The molecule has 1 aliphatic heterocycles. The molecular weight excluding hydrogens is 440 g/mol. The summed E-state index contributed by atoms with van der Waals surface area (Å²) in [7, 11) is 0. The van der Waals surface area contributed by atoms with Crippen molar-refractivity contribution in [2.45, 2.75) is 26.7 Å². The maximum Gasteiger partial charge on any atom is 0.224 e. The largest absolute Gasteiger partial charge is 0.450 e. The van der Waals surface area contributed by atoms with Gasteiger partial charge in [0.05, 0.1) is 6.20 Å². The van der Waals surface area contributed by atoms with Gasteiger partial charge in [0.15, 0.2) is 11.4 Å². The summed E-state index contributed by atoms with van der Waals surface area (Å²) in [6.07, 6.45) is 5.05. The SMILES string of the molecule is Cc1nc(N2CC[C@H](CC(=O)Nc3ccc(-c4cn[nH]c4)c(C)c3)C2)c2oc3ccccc3c2n1. The van der Waals surface area contributed by atoms with Crippen molar-refractivity contribution in [1.29, 1.82) is 0 Å². The number of hydrogen-bond acceptors (Lipinski definition) is 6. The normalized spacial score (nSPS) is 15.8. The Kier molecular flexibility index (Phi) is 5.21. The zero-order chi connectivity index (χ0) is 23.9. The van der Waals surface area contributed by atoms with Gasteiger partial charge in [0.25, 0.3) is 0 Å². The van der Waals surface area contributed by atoms with Gasteiger partial charge in [0.2, 0.25) is 5.91 Å². The highest BCUT2D eigenvalue weighted by atomic mass is 16.3. The summed E-state index contributed by atoms with van der Waals surface area (Å²) in [5, 5.41) is 10.9. The molecule has 6 rings (SSSR count). The zero-order valence-electron chi connectivity index (χ0n) is 19.7. The number of rotatable bonds is 5. The molecule has 176 valence electrons. The average molecular weight is 467 g/mol. The van der Waals surface area contributed by atoms with Crippen LogP contribution in [0.4, 0.5) is 11.5 Å². The summed E-state index contributed by atoms with van der Waals surface area (Å²) >= 11 is 0. The van der Waals surface area contributed by atoms with Gasteiger partial charge in [-0.15, -0.1) is 0 Å². The molecule has 8 nitrogen and oxygen atoms in total. The highest BCUT2D eigenvalue weighted by Gasteiger charge is 2.28. The Morgan fingerprint density at radius 3 is 2.91 bits per heavy atom. The Labute approximate surface area is 202 Å². The van der Waals surface area contributed by atoms with E-state index in [9.17, 15) is 4.79 Å². The van der Waals surface area contributed by atoms with E-state index in [1.165, 1.54) is 0 Å². The molecule has 1 amide bonds. The lowest BCUT2D eigenvalue weighted by molar-refractivity contribution is -0.116. The number of carbonyl (C=O) groups excluding carboxylic acids is 1. The number of benzene rings is 2. The third-order valence-corrected chi connectivity index (χ3v) is 6.69. The van der Waals surface area contributed by atoms with Gasteiger partial charge < -0.3 is 14.6 Å². The van der Waals surface area contributed by atoms with E-state index in [0.717, 1.165) is 75.6 Å². The molecule has 0 spiro atoms. The molecule has 0 saturated carbocycles. The van der Waals surface area contributed by atoms with Gasteiger partial charge >= 0.3 is 0 Å². The van der Waals surface area contributed by atoms with Crippen LogP contribution in [0.2, 0.25) is 0 Å². The highest BCUT2D eigenvalue weighted by Crippen LogP contribution is 2.35. The third-order valence-electron chi connectivity index (χ3n) is 6.69. The number of aromatic nitrogens is 4. The maximum absolute atomic E-state index is 12.8. The number of amides is 1. The molecule has 1 fully saturated rings. The Morgan fingerprint density at radius 2 is 2.09 bits per heavy atom. The van der Waals surface area contributed by atoms with E-state index in [0.29, 0.717) is 6.42 Å². The van der Waals surface area contributed by atoms with Crippen LogP contribution >= 0.6 is 0 Å². The van der Waals surface area contributed by atoms with Crippen LogP contribution in [-0.4, -0.2) is 39.2 Å². The number of furan rings is 1. The third kappa shape index (κ3) is 4.01. The fourth-order valence-corrected chi connectivity index (χ4v) is 5.03. The first kappa shape index (κ1) is 21.3. The van der Waals surface area contributed by atoms with Crippen molar-refractivity contribution in [3.05, 3.63) is 66.2 Å². The Balaban J connectivity index is 1.15. The van der Waals surface area contributed by atoms with Gasteiger partial charge in [-0.1, -0.05) is 18.2 Å². The van der Waals surface area contributed by atoms with E-state index in [2.05, 4.69) is 25.4 Å². The molecule has 1 aliphatic rings. The van der Waals surface area contributed by atoms with Gasteiger partial charge in [-0.2, -0.15) is 5.10 Å². The lowest BCUT2D eigenvalue weighted by Gasteiger charge is -2.18. The predicted molar refractivity (Wildman–Crippen MR) is 136 cm³/mol. The quantitative estimate of drug-likeness (QED) is 0.368. The number of nitrogens with zero attached hydrogens (tertiary/aromatic N) is 4. The standard InChI is InChI=1S/C27H26N6O2/c1-16-11-20(7-8-21(16)19-13-28-29-14-19)32-24(34)12-18-9-10-33(15-18)27-26-25(30-17(2)31-27)22-5-3-4-6-23(22)35-26/h3-8,11,13-14,18H,9-10,12,15H2,1-2H3,(H,28,29)(H,32,34)/t18-/m1/s1. The molecular formula is C27H26N6O2. The van der Waals surface area contributed by atoms with Crippen molar-refractivity contribution in [2.24, 2.45) is 5.92 Å². The lowest BCUT2D eigenvalue weighted by Crippen LogP contribution is -2.23. The fourth-order valence-electron chi connectivity index (χ4n) is 5.03. The van der Waals surface area contributed by atoms with Crippen LogP contribution in [0.5, 0.6) is 0 Å². The molecule has 0 aliphatic carbocycles. The predicted octanol–water partition coefficient (Wildman–Crippen LogP) is 5.24. The number of carbonyl (C=O) groups is 1. The molecule has 0 unspecified atom stereocenters. The smallest absolute Gasteiger partial charge is 0.224 e. The summed E-state index contributed by atoms with van der Waals surface area (Å²) in [4.78, 5) is 24.4. The number of anilines is 2. The number of hydrogen-bond donors (Lipinski definition) is 2. The number of aryl methyl sites for hydroxylation is 2. The van der Waals surface area contributed by atoms with Gasteiger partial charge in [-0.25, -0.2) is 9.97 Å². The Morgan fingerprint density at radius 1 is 1.20 bits per heavy atom. The van der Waals surface area contributed by atoms with Crippen LogP contribution in [0, 0.1) is 19.8 Å². The molecule has 1 atom stereocenters. The van der Waals surface area contributed by atoms with Crippen LogP contribution in [0.15, 0.2) is 59.3 Å². The molecule has 0 bridgehead atoms. The van der Waals surface area contributed by atoms with E-state index >= 15 is 0 Å². The van der Waals surface area contributed by atoms with Crippen LogP contribution in [0.3, 0.4) is 0 Å². The van der Waals surface area contributed by atoms with Crippen LogP contribution in [-0.2, 0) is 4.79 Å². The number of nitrogens with one attached hydrogen (secondary N) is 2. The highest BCUT2D eigenvalue weighted by molar-refractivity contribution is 6.05. The van der Waals surface area contributed by atoms with Crippen LogP contribution < -0.4 is 10.2 Å². The van der Waals surface area contributed by atoms with Crippen molar-refractivity contribution in [3.8, 4) is 11.1 Å². The van der Waals surface area contributed by atoms with Gasteiger partial charge in [0.1, 0.15) is 16.9 Å². The molecule has 5 aromatic rings. The maximum atomic E-state index is 12.8. The molecule has 3 aromatic heterocycles.